The molecule has 1 unspecified atom stereocenters. The van der Waals surface area contributed by atoms with Gasteiger partial charge in [-0.3, -0.25) is 0 Å². The van der Waals surface area contributed by atoms with E-state index in [2.05, 4.69) is 4.36 Å². The summed E-state index contributed by atoms with van der Waals surface area (Å²) in [6.45, 7) is 1.98. The van der Waals surface area contributed by atoms with Gasteiger partial charge in [0.25, 0.3) is 0 Å². The van der Waals surface area contributed by atoms with Crippen LogP contribution in [-0.2, 0) is 15.5 Å². The van der Waals surface area contributed by atoms with Crippen LogP contribution >= 0.6 is 0 Å². The molecule has 0 aromatic heterocycles. The van der Waals surface area contributed by atoms with Crippen LogP contribution in [0.2, 0.25) is 0 Å². The Kier molecular flexibility index (Phi) is 3.87. The largest absolute Gasteiger partial charge is 0.248 e. The van der Waals surface area contributed by atoms with Crippen molar-refractivity contribution in [3.8, 4) is 6.07 Å². The topological polar surface area (TPSA) is 53.2 Å². The number of nitriles is 1. The molecule has 4 heteroatoms. The molecule has 1 rings (SSSR count). The van der Waals surface area contributed by atoms with Gasteiger partial charge in [0.2, 0.25) is 0 Å². The fourth-order valence-electron chi connectivity index (χ4n) is 1.34. The number of hydrogen-bond acceptors (Lipinski definition) is 3. The number of hydrogen-bond donors (Lipinski definition) is 0. The summed E-state index contributed by atoms with van der Waals surface area (Å²) in [5, 5.41) is 8.58. The Morgan fingerprint density at radius 2 is 2.27 bits per heavy atom. The molecule has 3 nitrogen and oxygen atoms in total. The Balaban J connectivity index is 2.96. The van der Waals surface area contributed by atoms with E-state index in [-0.39, 0.29) is 5.75 Å². The second kappa shape index (κ2) is 4.94. The highest BCUT2D eigenvalue weighted by atomic mass is 32.2. The molecule has 0 bridgehead atoms. The van der Waals surface area contributed by atoms with Crippen molar-refractivity contribution in [1.82, 2.24) is 0 Å². The monoisotopic (exact) mass is 222 g/mol. The molecule has 0 saturated carbocycles. The van der Waals surface area contributed by atoms with Gasteiger partial charge in [-0.2, -0.15) is 5.26 Å². The molecule has 0 amide bonds. The summed E-state index contributed by atoms with van der Waals surface area (Å²) in [5.41, 5.74) is 2.10. The van der Waals surface area contributed by atoms with E-state index in [1.54, 1.807) is 0 Å². The lowest BCUT2D eigenvalue weighted by Gasteiger charge is -2.05. The zero-order valence-corrected chi connectivity index (χ0v) is 9.75. The van der Waals surface area contributed by atoms with Gasteiger partial charge in [-0.05, 0) is 12.5 Å². The van der Waals surface area contributed by atoms with Crippen LogP contribution in [0.4, 0.5) is 0 Å². The Bertz CT molecular complexity index is 494. The highest BCUT2D eigenvalue weighted by molar-refractivity contribution is 7.93. The molecule has 1 atom stereocenters. The van der Waals surface area contributed by atoms with Gasteiger partial charge in [0, 0.05) is 7.05 Å². The first-order chi connectivity index (χ1) is 7.09. The van der Waals surface area contributed by atoms with Crippen LogP contribution < -0.4 is 0 Å². The third-order valence-electron chi connectivity index (χ3n) is 2.10. The summed E-state index contributed by atoms with van der Waals surface area (Å²) < 4.78 is 15.9. The molecule has 0 aliphatic carbocycles. The lowest BCUT2D eigenvalue weighted by Crippen LogP contribution is -2.07. The van der Waals surface area contributed by atoms with E-state index >= 15 is 0 Å². The van der Waals surface area contributed by atoms with Gasteiger partial charge in [0.1, 0.15) is 5.75 Å². The smallest absolute Gasteiger partial charge is 0.119 e. The molecule has 0 fully saturated rings. The standard InChI is InChI=1S/C11H14N2OS/c1-10-4-3-5-11(8-10)9-15(14,13-2)7-6-12/h3-5,8H,7,9H2,1-2H3. The van der Waals surface area contributed by atoms with Gasteiger partial charge in [0.15, 0.2) is 0 Å². The number of nitrogens with zero attached hydrogens (tertiary/aromatic N) is 2. The Morgan fingerprint density at radius 1 is 1.53 bits per heavy atom. The minimum absolute atomic E-state index is 0.00254. The molecular formula is C11H14N2OS. The van der Waals surface area contributed by atoms with Gasteiger partial charge in [-0.15, -0.1) is 0 Å². The molecular weight excluding hydrogens is 208 g/mol. The molecule has 15 heavy (non-hydrogen) atoms. The predicted octanol–water partition coefficient (Wildman–Crippen LogP) is 2.12. The van der Waals surface area contributed by atoms with Crippen molar-refractivity contribution >= 4 is 9.73 Å². The lowest BCUT2D eigenvalue weighted by molar-refractivity contribution is 0.678. The summed E-state index contributed by atoms with van der Waals surface area (Å²) in [6, 6.07) is 9.72. The average molecular weight is 222 g/mol. The first kappa shape index (κ1) is 11.7. The summed E-state index contributed by atoms with van der Waals surface area (Å²) >= 11 is 0. The van der Waals surface area contributed by atoms with Crippen molar-refractivity contribution in [3.63, 3.8) is 0 Å². The molecule has 0 aliphatic rings. The van der Waals surface area contributed by atoms with Crippen LogP contribution in [0.15, 0.2) is 28.6 Å². The van der Waals surface area contributed by atoms with Crippen LogP contribution in [0.5, 0.6) is 0 Å². The molecule has 0 heterocycles. The van der Waals surface area contributed by atoms with E-state index < -0.39 is 9.73 Å². The van der Waals surface area contributed by atoms with Crippen molar-refractivity contribution in [3.05, 3.63) is 35.4 Å². The Hall–Kier alpha value is -1.34. The van der Waals surface area contributed by atoms with Crippen LogP contribution in [0.25, 0.3) is 0 Å². The first-order valence-corrected chi connectivity index (χ1v) is 6.48. The normalized spacial score (nSPS) is 13.9. The number of rotatable bonds is 3. The zero-order valence-electron chi connectivity index (χ0n) is 8.93. The maximum absolute atomic E-state index is 12.0. The highest BCUT2D eigenvalue weighted by Gasteiger charge is 2.08. The second-order valence-electron chi connectivity index (χ2n) is 3.39. The van der Waals surface area contributed by atoms with Crippen molar-refractivity contribution in [1.29, 1.82) is 5.26 Å². The summed E-state index contributed by atoms with van der Waals surface area (Å²) in [6.07, 6.45) is 0. The van der Waals surface area contributed by atoms with Crippen molar-refractivity contribution in [2.75, 3.05) is 12.8 Å². The van der Waals surface area contributed by atoms with Gasteiger partial charge in [-0.1, -0.05) is 29.8 Å². The lowest BCUT2D eigenvalue weighted by atomic mass is 10.2. The SMILES string of the molecule is CN=S(=O)(CC#N)Cc1cccc(C)c1. The minimum Gasteiger partial charge on any atom is -0.248 e. The highest BCUT2D eigenvalue weighted by Crippen LogP contribution is 2.10. The Labute approximate surface area is 90.9 Å². The maximum atomic E-state index is 12.0. The third-order valence-corrected chi connectivity index (χ3v) is 4.13. The quantitative estimate of drug-likeness (QED) is 0.786. The molecule has 0 spiro atoms. The van der Waals surface area contributed by atoms with Crippen LogP contribution in [0.1, 0.15) is 11.1 Å². The minimum atomic E-state index is -2.38. The average Bonchev–Trinajstić information content (AvgIpc) is 2.18. The van der Waals surface area contributed by atoms with Crippen LogP contribution in [-0.4, -0.2) is 17.0 Å². The van der Waals surface area contributed by atoms with Gasteiger partial charge in [0.05, 0.1) is 21.6 Å². The van der Waals surface area contributed by atoms with E-state index in [4.69, 9.17) is 5.26 Å². The molecule has 1 aromatic rings. The van der Waals surface area contributed by atoms with Gasteiger partial charge in [-0.25, -0.2) is 8.57 Å². The van der Waals surface area contributed by atoms with E-state index in [1.807, 2.05) is 37.3 Å². The Morgan fingerprint density at radius 3 is 2.80 bits per heavy atom. The molecule has 0 saturated heterocycles. The number of aryl methyl sites for hydroxylation is 1. The van der Waals surface area contributed by atoms with Crippen LogP contribution in [0, 0.1) is 18.3 Å². The van der Waals surface area contributed by atoms with Gasteiger partial charge < -0.3 is 0 Å². The van der Waals surface area contributed by atoms with Crippen LogP contribution in [0.3, 0.4) is 0 Å². The first-order valence-electron chi connectivity index (χ1n) is 4.63. The van der Waals surface area contributed by atoms with Crippen molar-refractivity contribution in [2.45, 2.75) is 12.7 Å². The van der Waals surface area contributed by atoms with Gasteiger partial charge >= 0.3 is 0 Å². The fraction of sp³-hybridized carbons (Fsp3) is 0.364. The second-order valence-corrected chi connectivity index (χ2v) is 5.88. The van der Waals surface area contributed by atoms with E-state index in [9.17, 15) is 4.21 Å². The summed E-state index contributed by atoms with van der Waals surface area (Å²) in [4.78, 5) is 0. The van der Waals surface area contributed by atoms with E-state index in [0.717, 1.165) is 11.1 Å². The number of benzene rings is 1. The molecule has 1 aromatic carbocycles. The molecule has 0 radical (unpaired) electrons. The van der Waals surface area contributed by atoms with E-state index in [0.29, 0.717) is 5.75 Å². The molecule has 0 aliphatic heterocycles. The van der Waals surface area contributed by atoms with Crippen molar-refractivity contribution in [2.24, 2.45) is 4.36 Å². The summed E-state index contributed by atoms with van der Waals surface area (Å²) in [7, 11) is -0.874. The fourth-order valence-corrected chi connectivity index (χ4v) is 2.61. The third kappa shape index (κ3) is 3.37. The molecule has 0 N–H and O–H groups in total. The van der Waals surface area contributed by atoms with Crippen molar-refractivity contribution < 1.29 is 4.21 Å². The zero-order chi connectivity index (χ0) is 11.3. The summed E-state index contributed by atoms with van der Waals surface area (Å²) in [5.74, 6) is 0.357. The maximum Gasteiger partial charge on any atom is 0.119 e. The molecule has 80 valence electrons. The predicted molar refractivity (Wildman–Crippen MR) is 61.9 cm³/mol. The van der Waals surface area contributed by atoms with E-state index in [1.165, 1.54) is 7.05 Å².